The number of halogens is 1. The van der Waals surface area contributed by atoms with Gasteiger partial charge in [0.2, 0.25) is 0 Å². The van der Waals surface area contributed by atoms with Crippen molar-refractivity contribution in [2.24, 2.45) is 0 Å². The number of nitrogens with one attached hydrogen (secondary N) is 1. The zero-order valence-electron chi connectivity index (χ0n) is 6.05. The van der Waals surface area contributed by atoms with Gasteiger partial charge in [-0.1, -0.05) is 28.1 Å². The summed E-state index contributed by atoms with van der Waals surface area (Å²) in [7, 11) is 0. The van der Waals surface area contributed by atoms with E-state index in [1.54, 1.807) is 0 Å². The molecule has 2 rings (SSSR count). The minimum Gasteiger partial charge on any atom is -0.349 e. The summed E-state index contributed by atoms with van der Waals surface area (Å²) in [6, 6.07) is 0. The number of rotatable bonds is 0. The SMILES string of the molecule is BrC=C1CN2CC=CC=C2N1. The van der Waals surface area contributed by atoms with Gasteiger partial charge in [-0.25, -0.2) is 0 Å². The Kier molecular flexibility index (Phi) is 1.74. The van der Waals surface area contributed by atoms with Gasteiger partial charge < -0.3 is 10.2 Å². The lowest BCUT2D eigenvalue weighted by atomic mass is 10.3. The van der Waals surface area contributed by atoms with Gasteiger partial charge in [-0.15, -0.1) is 0 Å². The molecule has 0 amide bonds. The van der Waals surface area contributed by atoms with Crippen LogP contribution >= 0.6 is 15.9 Å². The van der Waals surface area contributed by atoms with E-state index >= 15 is 0 Å². The van der Waals surface area contributed by atoms with Crippen LogP contribution in [-0.4, -0.2) is 18.0 Å². The van der Waals surface area contributed by atoms with Gasteiger partial charge in [0.25, 0.3) is 0 Å². The Morgan fingerprint density at radius 3 is 3.27 bits per heavy atom. The second-order valence-corrected chi connectivity index (χ2v) is 3.08. The first kappa shape index (κ1) is 6.98. The number of allylic oxidation sites excluding steroid dienone is 2. The first-order valence-electron chi connectivity index (χ1n) is 3.58. The van der Waals surface area contributed by atoms with E-state index in [9.17, 15) is 0 Å². The highest BCUT2D eigenvalue weighted by Crippen LogP contribution is 2.17. The molecule has 0 atom stereocenters. The van der Waals surface area contributed by atoms with E-state index in [0.717, 1.165) is 13.1 Å². The van der Waals surface area contributed by atoms with E-state index in [2.05, 4.69) is 44.4 Å². The van der Waals surface area contributed by atoms with Crippen molar-refractivity contribution in [2.45, 2.75) is 0 Å². The quantitative estimate of drug-likeness (QED) is 0.656. The van der Waals surface area contributed by atoms with Gasteiger partial charge in [0, 0.05) is 17.2 Å². The van der Waals surface area contributed by atoms with Crippen molar-refractivity contribution in [1.29, 1.82) is 0 Å². The van der Waals surface area contributed by atoms with Gasteiger partial charge in [0.15, 0.2) is 0 Å². The molecule has 1 N–H and O–H groups in total. The Morgan fingerprint density at radius 2 is 2.55 bits per heavy atom. The van der Waals surface area contributed by atoms with Crippen molar-refractivity contribution in [1.82, 2.24) is 10.2 Å². The summed E-state index contributed by atoms with van der Waals surface area (Å²) in [6.45, 7) is 2.00. The molecule has 0 aliphatic carbocycles. The molecule has 2 nitrogen and oxygen atoms in total. The zero-order valence-corrected chi connectivity index (χ0v) is 7.63. The Balaban J connectivity index is 2.21. The van der Waals surface area contributed by atoms with E-state index in [1.165, 1.54) is 11.5 Å². The topological polar surface area (TPSA) is 15.3 Å². The maximum atomic E-state index is 3.31. The van der Waals surface area contributed by atoms with E-state index in [-0.39, 0.29) is 0 Å². The zero-order chi connectivity index (χ0) is 7.68. The lowest BCUT2D eigenvalue weighted by Crippen LogP contribution is -2.21. The van der Waals surface area contributed by atoms with E-state index < -0.39 is 0 Å². The van der Waals surface area contributed by atoms with Crippen LogP contribution in [0.5, 0.6) is 0 Å². The molecule has 0 aromatic rings. The molecule has 2 heterocycles. The molecule has 1 saturated heterocycles. The summed E-state index contributed by atoms with van der Waals surface area (Å²) in [5.74, 6) is 1.21. The van der Waals surface area contributed by atoms with Crippen LogP contribution < -0.4 is 5.32 Å². The van der Waals surface area contributed by atoms with Gasteiger partial charge in [0.1, 0.15) is 5.82 Å². The fourth-order valence-electron chi connectivity index (χ4n) is 1.29. The number of hydrogen-bond acceptors (Lipinski definition) is 2. The minimum atomic E-state index is 0.988. The average molecular weight is 213 g/mol. The predicted molar refractivity (Wildman–Crippen MR) is 48.9 cm³/mol. The normalized spacial score (nSPS) is 25.0. The molecule has 0 aromatic heterocycles. The standard InChI is InChI=1S/C8H9BrN2/c9-5-7-6-11-4-2-1-3-8(11)10-7/h1-3,5,10H,4,6H2. The highest BCUT2D eigenvalue weighted by Gasteiger charge is 2.19. The molecule has 0 saturated carbocycles. The molecule has 0 spiro atoms. The van der Waals surface area contributed by atoms with Gasteiger partial charge in [-0.05, 0) is 6.08 Å². The highest BCUT2D eigenvalue weighted by molar-refractivity contribution is 9.11. The van der Waals surface area contributed by atoms with Crippen LogP contribution in [0.25, 0.3) is 0 Å². The third kappa shape index (κ3) is 1.20. The molecule has 1 fully saturated rings. The Morgan fingerprint density at radius 1 is 1.64 bits per heavy atom. The van der Waals surface area contributed by atoms with Crippen LogP contribution in [-0.2, 0) is 0 Å². The van der Waals surface area contributed by atoms with Gasteiger partial charge >= 0.3 is 0 Å². The predicted octanol–water partition coefficient (Wildman–Crippen LogP) is 1.54. The molecular weight excluding hydrogens is 204 g/mol. The monoisotopic (exact) mass is 212 g/mol. The van der Waals surface area contributed by atoms with Crippen LogP contribution in [0.15, 0.2) is 34.7 Å². The summed E-state index contributed by atoms with van der Waals surface area (Å²) >= 11 is 3.31. The average Bonchev–Trinajstić information content (AvgIpc) is 2.46. The molecule has 3 heteroatoms. The second-order valence-electron chi connectivity index (χ2n) is 2.62. The number of nitrogens with zero attached hydrogens (tertiary/aromatic N) is 1. The van der Waals surface area contributed by atoms with Crippen LogP contribution in [0.2, 0.25) is 0 Å². The van der Waals surface area contributed by atoms with E-state index in [4.69, 9.17) is 0 Å². The Labute approximate surface area is 74.4 Å². The fraction of sp³-hybridized carbons (Fsp3) is 0.250. The van der Waals surface area contributed by atoms with Crippen molar-refractivity contribution in [2.75, 3.05) is 13.1 Å². The molecule has 0 aromatic carbocycles. The fourth-order valence-corrected chi connectivity index (χ4v) is 1.55. The molecule has 0 radical (unpaired) electrons. The number of hydrogen-bond donors (Lipinski definition) is 1. The minimum absolute atomic E-state index is 0.988. The van der Waals surface area contributed by atoms with Crippen LogP contribution in [0.3, 0.4) is 0 Å². The summed E-state index contributed by atoms with van der Waals surface area (Å²) in [5, 5.41) is 3.29. The van der Waals surface area contributed by atoms with Crippen molar-refractivity contribution >= 4 is 15.9 Å². The van der Waals surface area contributed by atoms with Crippen LogP contribution in [0.1, 0.15) is 0 Å². The summed E-state index contributed by atoms with van der Waals surface area (Å²) in [6.07, 6.45) is 6.32. The Hall–Kier alpha value is -0.700. The summed E-state index contributed by atoms with van der Waals surface area (Å²) < 4.78 is 0. The summed E-state index contributed by atoms with van der Waals surface area (Å²) in [4.78, 5) is 4.22. The molecular formula is C8H9BrN2. The molecule has 0 unspecified atom stereocenters. The van der Waals surface area contributed by atoms with Crippen molar-refractivity contribution in [3.05, 3.63) is 34.7 Å². The Bertz CT molecular complexity index is 253. The van der Waals surface area contributed by atoms with E-state index in [1.807, 2.05) is 4.99 Å². The van der Waals surface area contributed by atoms with Crippen molar-refractivity contribution < 1.29 is 0 Å². The third-order valence-electron chi connectivity index (χ3n) is 1.84. The summed E-state index contributed by atoms with van der Waals surface area (Å²) in [5.41, 5.74) is 1.22. The molecule has 0 bridgehead atoms. The molecule has 58 valence electrons. The lowest BCUT2D eigenvalue weighted by molar-refractivity contribution is 0.440. The second kappa shape index (κ2) is 2.74. The molecule has 2 aliphatic rings. The molecule has 2 aliphatic heterocycles. The first-order valence-corrected chi connectivity index (χ1v) is 4.50. The highest BCUT2D eigenvalue weighted by atomic mass is 79.9. The maximum Gasteiger partial charge on any atom is 0.106 e. The third-order valence-corrected chi connectivity index (χ3v) is 2.39. The smallest absolute Gasteiger partial charge is 0.106 e. The molecule has 11 heavy (non-hydrogen) atoms. The van der Waals surface area contributed by atoms with Gasteiger partial charge in [0.05, 0.1) is 6.54 Å². The lowest BCUT2D eigenvalue weighted by Gasteiger charge is -2.17. The van der Waals surface area contributed by atoms with Crippen molar-refractivity contribution in [3.63, 3.8) is 0 Å². The largest absolute Gasteiger partial charge is 0.349 e. The van der Waals surface area contributed by atoms with E-state index in [0.29, 0.717) is 0 Å². The maximum absolute atomic E-state index is 3.31. The van der Waals surface area contributed by atoms with Crippen molar-refractivity contribution in [3.8, 4) is 0 Å². The van der Waals surface area contributed by atoms with Crippen LogP contribution in [0.4, 0.5) is 0 Å². The first-order chi connectivity index (χ1) is 5.40. The number of fused-ring (bicyclic) bond motifs is 1. The van der Waals surface area contributed by atoms with Crippen LogP contribution in [0, 0.1) is 0 Å². The van der Waals surface area contributed by atoms with Gasteiger partial charge in [-0.3, -0.25) is 0 Å². The van der Waals surface area contributed by atoms with Gasteiger partial charge in [-0.2, -0.15) is 0 Å².